The molecule has 6 nitrogen and oxygen atoms in total. The van der Waals surface area contributed by atoms with Crippen molar-refractivity contribution in [3.8, 4) is 0 Å². The van der Waals surface area contributed by atoms with E-state index in [1.807, 2.05) is 0 Å². The Morgan fingerprint density at radius 3 is 3.18 bits per heavy atom. The number of anilines is 2. The van der Waals surface area contributed by atoms with E-state index in [0.29, 0.717) is 23.7 Å². The summed E-state index contributed by atoms with van der Waals surface area (Å²) in [7, 11) is 1.32. The highest BCUT2D eigenvalue weighted by Crippen LogP contribution is 2.22. The van der Waals surface area contributed by atoms with Crippen LogP contribution in [-0.4, -0.2) is 37.3 Å². The van der Waals surface area contributed by atoms with E-state index in [1.54, 1.807) is 0 Å². The van der Waals surface area contributed by atoms with Crippen molar-refractivity contribution in [2.24, 2.45) is 0 Å². The highest BCUT2D eigenvalue weighted by Gasteiger charge is 2.19. The van der Waals surface area contributed by atoms with Gasteiger partial charge < -0.3 is 20.5 Å². The summed E-state index contributed by atoms with van der Waals surface area (Å²) in [5.74, 6) is 0.0408. The zero-order chi connectivity index (χ0) is 12.3. The van der Waals surface area contributed by atoms with Crippen molar-refractivity contribution in [1.29, 1.82) is 0 Å². The third kappa shape index (κ3) is 2.47. The van der Waals surface area contributed by atoms with E-state index in [0.717, 1.165) is 13.0 Å². The third-order valence-corrected chi connectivity index (χ3v) is 2.67. The molecule has 92 valence electrons. The number of hydrogen-bond donors (Lipinski definition) is 2. The van der Waals surface area contributed by atoms with E-state index in [1.165, 1.54) is 19.4 Å². The first-order valence-electron chi connectivity index (χ1n) is 5.39. The fourth-order valence-electron chi connectivity index (χ4n) is 1.72. The number of methoxy groups -OCH3 is 1. The van der Waals surface area contributed by atoms with Crippen molar-refractivity contribution in [3.63, 3.8) is 0 Å². The summed E-state index contributed by atoms with van der Waals surface area (Å²) in [4.78, 5) is 15.6. The molecule has 2 rings (SSSR count). The fraction of sp³-hybridized carbons (Fsp3) is 0.455. The molecule has 2 heterocycles. The SMILES string of the molecule is COC(=O)c1ccnc(NC2CCOC2)c1N. The lowest BCUT2D eigenvalue weighted by Gasteiger charge is -2.14. The molecule has 6 heteroatoms. The van der Waals surface area contributed by atoms with E-state index in [9.17, 15) is 4.79 Å². The van der Waals surface area contributed by atoms with Gasteiger partial charge in [0, 0.05) is 12.8 Å². The quantitative estimate of drug-likeness (QED) is 0.751. The van der Waals surface area contributed by atoms with Crippen LogP contribution in [0.5, 0.6) is 0 Å². The zero-order valence-electron chi connectivity index (χ0n) is 9.60. The van der Waals surface area contributed by atoms with Crippen LogP contribution in [0.1, 0.15) is 16.8 Å². The second kappa shape index (κ2) is 5.01. The normalized spacial score (nSPS) is 19.0. The molecule has 3 N–H and O–H groups in total. The molecular weight excluding hydrogens is 222 g/mol. The first-order valence-corrected chi connectivity index (χ1v) is 5.39. The molecule has 1 aromatic rings. The molecule has 0 bridgehead atoms. The second-order valence-electron chi connectivity index (χ2n) is 3.82. The number of pyridine rings is 1. The molecule has 1 saturated heterocycles. The number of aromatic nitrogens is 1. The second-order valence-corrected chi connectivity index (χ2v) is 3.82. The lowest BCUT2D eigenvalue weighted by Crippen LogP contribution is -2.21. The van der Waals surface area contributed by atoms with Gasteiger partial charge in [0.15, 0.2) is 0 Å². The minimum absolute atomic E-state index is 0.192. The van der Waals surface area contributed by atoms with Crippen LogP contribution in [0, 0.1) is 0 Å². The molecule has 0 saturated carbocycles. The summed E-state index contributed by atoms with van der Waals surface area (Å²) >= 11 is 0. The van der Waals surface area contributed by atoms with Gasteiger partial charge in [-0.25, -0.2) is 9.78 Å². The number of nitrogens with zero attached hydrogens (tertiary/aromatic N) is 1. The number of esters is 1. The van der Waals surface area contributed by atoms with Crippen LogP contribution < -0.4 is 11.1 Å². The molecule has 1 unspecified atom stereocenters. The Bertz CT molecular complexity index is 416. The maximum atomic E-state index is 11.4. The summed E-state index contributed by atoms with van der Waals surface area (Å²) in [6, 6.07) is 1.73. The van der Waals surface area contributed by atoms with Crippen LogP contribution in [0.3, 0.4) is 0 Å². The van der Waals surface area contributed by atoms with Crippen molar-refractivity contribution in [2.45, 2.75) is 12.5 Å². The monoisotopic (exact) mass is 237 g/mol. The van der Waals surface area contributed by atoms with Gasteiger partial charge in [0.25, 0.3) is 0 Å². The molecule has 1 aliphatic rings. The Labute approximate surface area is 99.1 Å². The number of nitrogens with one attached hydrogen (secondary N) is 1. The number of nitrogens with two attached hydrogens (primary N) is 1. The van der Waals surface area contributed by atoms with Crippen molar-refractivity contribution in [3.05, 3.63) is 17.8 Å². The smallest absolute Gasteiger partial charge is 0.340 e. The van der Waals surface area contributed by atoms with Gasteiger partial charge in [-0.1, -0.05) is 0 Å². The van der Waals surface area contributed by atoms with Crippen LogP contribution in [0.2, 0.25) is 0 Å². The maximum Gasteiger partial charge on any atom is 0.340 e. The Morgan fingerprint density at radius 1 is 1.71 bits per heavy atom. The summed E-state index contributed by atoms with van der Waals surface area (Å²) in [5.41, 5.74) is 6.51. The molecular formula is C11H15N3O3. The predicted octanol–water partition coefficient (Wildman–Crippen LogP) is 0.651. The van der Waals surface area contributed by atoms with Gasteiger partial charge in [0.05, 0.1) is 31.0 Å². The molecule has 0 aliphatic carbocycles. The van der Waals surface area contributed by atoms with E-state index in [4.69, 9.17) is 10.5 Å². The van der Waals surface area contributed by atoms with Crippen molar-refractivity contribution in [2.75, 3.05) is 31.4 Å². The van der Waals surface area contributed by atoms with Crippen LogP contribution in [0.15, 0.2) is 12.3 Å². The standard InChI is InChI=1S/C11H15N3O3/c1-16-11(15)8-2-4-13-10(9(8)12)14-7-3-5-17-6-7/h2,4,7H,3,5-6,12H2,1H3,(H,13,14). The zero-order valence-corrected chi connectivity index (χ0v) is 9.60. The Morgan fingerprint density at radius 2 is 2.53 bits per heavy atom. The summed E-state index contributed by atoms with van der Waals surface area (Å²) in [6.07, 6.45) is 2.43. The van der Waals surface area contributed by atoms with Crippen LogP contribution in [0.4, 0.5) is 11.5 Å². The highest BCUT2D eigenvalue weighted by atomic mass is 16.5. The number of hydrogen-bond acceptors (Lipinski definition) is 6. The third-order valence-electron chi connectivity index (χ3n) is 2.67. The molecule has 1 aromatic heterocycles. The number of carbonyl (C=O) groups excluding carboxylic acids is 1. The summed E-state index contributed by atoms with van der Waals surface area (Å²) in [5, 5.41) is 3.16. The van der Waals surface area contributed by atoms with Crippen molar-refractivity contribution >= 4 is 17.5 Å². The Balaban J connectivity index is 2.19. The lowest BCUT2D eigenvalue weighted by atomic mass is 10.2. The minimum Gasteiger partial charge on any atom is -0.465 e. The fourth-order valence-corrected chi connectivity index (χ4v) is 1.72. The summed E-state index contributed by atoms with van der Waals surface area (Å²) in [6.45, 7) is 1.36. The van der Waals surface area contributed by atoms with Gasteiger partial charge in [-0.3, -0.25) is 0 Å². The van der Waals surface area contributed by atoms with Crippen LogP contribution >= 0.6 is 0 Å². The van der Waals surface area contributed by atoms with E-state index in [-0.39, 0.29) is 6.04 Å². The van der Waals surface area contributed by atoms with E-state index in [2.05, 4.69) is 15.0 Å². The Kier molecular flexibility index (Phi) is 3.43. The molecule has 0 spiro atoms. The molecule has 0 amide bonds. The molecule has 1 aliphatic heterocycles. The van der Waals surface area contributed by atoms with Crippen LogP contribution in [0.25, 0.3) is 0 Å². The Hall–Kier alpha value is -1.82. The minimum atomic E-state index is -0.462. The van der Waals surface area contributed by atoms with Gasteiger partial charge in [0.2, 0.25) is 0 Å². The predicted molar refractivity (Wildman–Crippen MR) is 62.8 cm³/mol. The first kappa shape index (κ1) is 11.7. The van der Waals surface area contributed by atoms with Gasteiger partial charge in [-0.2, -0.15) is 0 Å². The van der Waals surface area contributed by atoms with Crippen molar-refractivity contribution < 1.29 is 14.3 Å². The van der Waals surface area contributed by atoms with Crippen molar-refractivity contribution in [1.82, 2.24) is 4.98 Å². The molecule has 17 heavy (non-hydrogen) atoms. The van der Waals surface area contributed by atoms with Gasteiger partial charge in [-0.15, -0.1) is 0 Å². The largest absolute Gasteiger partial charge is 0.465 e. The average molecular weight is 237 g/mol. The first-order chi connectivity index (χ1) is 8.22. The van der Waals surface area contributed by atoms with Gasteiger partial charge >= 0.3 is 5.97 Å². The van der Waals surface area contributed by atoms with Gasteiger partial charge in [-0.05, 0) is 12.5 Å². The average Bonchev–Trinajstić information content (AvgIpc) is 2.84. The molecule has 1 fully saturated rings. The lowest BCUT2D eigenvalue weighted by molar-refractivity contribution is 0.0602. The number of ether oxygens (including phenoxy) is 2. The number of nitrogen functional groups attached to an aromatic ring is 1. The van der Waals surface area contributed by atoms with E-state index >= 15 is 0 Å². The molecule has 1 atom stereocenters. The maximum absolute atomic E-state index is 11.4. The molecule has 0 aromatic carbocycles. The topological polar surface area (TPSA) is 86.5 Å². The van der Waals surface area contributed by atoms with Crippen LogP contribution in [-0.2, 0) is 9.47 Å². The number of rotatable bonds is 3. The molecule has 0 radical (unpaired) electrons. The van der Waals surface area contributed by atoms with Gasteiger partial charge in [0.1, 0.15) is 5.82 Å². The number of carbonyl (C=O) groups is 1. The van der Waals surface area contributed by atoms with E-state index < -0.39 is 5.97 Å². The summed E-state index contributed by atoms with van der Waals surface area (Å²) < 4.78 is 9.89. The highest BCUT2D eigenvalue weighted by molar-refractivity contribution is 5.97.